The zero-order chi connectivity index (χ0) is 24.1. The second-order valence-corrected chi connectivity index (χ2v) is 8.71. The number of rotatable bonds is 7. The highest BCUT2D eigenvalue weighted by Crippen LogP contribution is 2.35. The minimum Gasteiger partial charge on any atom is -0.394 e. The van der Waals surface area contributed by atoms with E-state index < -0.39 is 42.8 Å². The molecule has 0 bridgehead atoms. The predicted molar refractivity (Wildman–Crippen MR) is 127 cm³/mol. The number of aromatic nitrogens is 2. The third-order valence-corrected chi connectivity index (χ3v) is 6.41. The van der Waals surface area contributed by atoms with Gasteiger partial charge >= 0.3 is 0 Å². The van der Waals surface area contributed by atoms with Crippen molar-refractivity contribution in [3.8, 4) is 0 Å². The summed E-state index contributed by atoms with van der Waals surface area (Å²) < 4.78 is 7.18. The van der Waals surface area contributed by atoms with Gasteiger partial charge in [0.1, 0.15) is 30.2 Å². The van der Waals surface area contributed by atoms with Crippen LogP contribution in [-0.2, 0) is 10.5 Å². The molecule has 5 atom stereocenters. The minimum absolute atomic E-state index is 0.142. The molecule has 0 unspecified atom stereocenters. The molecule has 1 saturated heterocycles. The normalized spacial score (nSPS) is 25.0. The first-order chi connectivity index (χ1) is 16.5. The fraction of sp³-hybridized carbons (Fsp3) is 0.292. The van der Waals surface area contributed by atoms with Gasteiger partial charge in [0, 0.05) is 18.0 Å². The summed E-state index contributed by atoms with van der Waals surface area (Å²) in [6, 6.07) is 20.0. The Morgan fingerprint density at radius 1 is 1.00 bits per heavy atom. The molecule has 4 rings (SSSR count). The third kappa shape index (κ3) is 5.44. The molecule has 1 aromatic heterocycles. The van der Waals surface area contributed by atoms with Crippen LogP contribution in [0, 0.1) is 0 Å². The Morgan fingerprint density at radius 3 is 2.35 bits per heavy atom. The van der Waals surface area contributed by atoms with Crippen LogP contribution in [0.5, 0.6) is 0 Å². The molecule has 0 aliphatic carbocycles. The number of hydrogen-bond acceptors (Lipinski definition) is 9. The van der Waals surface area contributed by atoms with Crippen LogP contribution in [0.4, 0.5) is 5.82 Å². The van der Waals surface area contributed by atoms with Gasteiger partial charge in [-0.2, -0.15) is 4.98 Å². The van der Waals surface area contributed by atoms with Gasteiger partial charge in [-0.05, 0) is 11.1 Å². The van der Waals surface area contributed by atoms with Crippen molar-refractivity contribution in [3.05, 3.63) is 88.2 Å². The molecule has 2 heterocycles. The third-order valence-electron chi connectivity index (χ3n) is 5.39. The van der Waals surface area contributed by atoms with Crippen LogP contribution >= 0.6 is 11.8 Å². The Balaban J connectivity index is 1.78. The second-order valence-electron chi connectivity index (χ2n) is 7.77. The van der Waals surface area contributed by atoms with Gasteiger partial charge in [-0.3, -0.25) is 9.36 Å². The molecular weight excluding hydrogens is 458 g/mol. The largest absolute Gasteiger partial charge is 0.394 e. The lowest BCUT2D eigenvalue weighted by molar-refractivity contribution is -0.252. The van der Waals surface area contributed by atoms with Crippen molar-refractivity contribution in [3.63, 3.8) is 0 Å². The van der Waals surface area contributed by atoms with E-state index in [2.05, 4.69) is 9.98 Å². The minimum atomic E-state index is -1.59. The summed E-state index contributed by atoms with van der Waals surface area (Å²) in [6.07, 6.45) is -5.50. The Bertz CT molecular complexity index is 1170. The predicted octanol–water partition coefficient (Wildman–Crippen LogP) is 1.26. The van der Waals surface area contributed by atoms with E-state index in [4.69, 9.17) is 4.74 Å². The monoisotopic (exact) mass is 483 g/mol. The first-order valence-corrected chi connectivity index (χ1v) is 11.7. The molecule has 1 aliphatic heterocycles. The fourth-order valence-corrected chi connectivity index (χ4v) is 4.58. The quantitative estimate of drug-likeness (QED) is 0.224. The van der Waals surface area contributed by atoms with Crippen LogP contribution in [0.3, 0.4) is 0 Å². The number of hydrogen-bond donors (Lipinski definition) is 4. The van der Waals surface area contributed by atoms with E-state index in [-0.39, 0.29) is 11.0 Å². The second kappa shape index (κ2) is 11.0. The molecule has 0 spiro atoms. The van der Waals surface area contributed by atoms with Crippen molar-refractivity contribution in [2.45, 2.75) is 41.6 Å². The van der Waals surface area contributed by atoms with Crippen LogP contribution in [0.15, 0.2) is 81.7 Å². The highest BCUT2D eigenvalue weighted by molar-refractivity contribution is 7.98. The fourth-order valence-electron chi connectivity index (χ4n) is 3.60. The van der Waals surface area contributed by atoms with Gasteiger partial charge in [0.25, 0.3) is 5.56 Å². The standard InChI is InChI=1S/C24H25N3O6S/c28-13-17-20(30)21(31)22(32)23(33-17)27-18(25-12-15-7-3-1-4-8-15)11-19(29)26-24(27)34-14-16-9-5-2-6-10-16/h1-12,17,20-23,28,30-32H,13-14H2/b25-12+/t17-,20-,21+,22-,23-/m1/s1. The zero-order valence-electron chi connectivity index (χ0n) is 18.1. The van der Waals surface area contributed by atoms with Crippen LogP contribution in [0.1, 0.15) is 17.4 Å². The topological polar surface area (TPSA) is 137 Å². The van der Waals surface area contributed by atoms with E-state index >= 15 is 0 Å². The summed E-state index contributed by atoms with van der Waals surface area (Å²) in [5.74, 6) is 0.611. The SMILES string of the molecule is O=c1cc(/N=C/c2ccccc2)n([C@@H]2O[C@H](CO)[C@@H](O)[C@H](O)[C@H]2O)c(SCc2ccccc2)n1. The molecule has 2 aromatic carbocycles. The smallest absolute Gasteiger partial charge is 0.275 e. The molecule has 3 aromatic rings. The average molecular weight is 484 g/mol. The van der Waals surface area contributed by atoms with Crippen LogP contribution in [-0.4, -0.2) is 67.2 Å². The number of aliphatic hydroxyl groups is 4. The molecule has 0 saturated carbocycles. The van der Waals surface area contributed by atoms with Gasteiger partial charge in [-0.25, -0.2) is 4.99 Å². The lowest BCUT2D eigenvalue weighted by atomic mass is 9.98. The molecule has 10 heteroatoms. The van der Waals surface area contributed by atoms with Gasteiger partial charge in [-0.15, -0.1) is 0 Å². The zero-order valence-corrected chi connectivity index (χ0v) is 18.9. The molecular formula is C24H25N3O6S. The highest BCUT2D eigenvalue weighted by atomic mass is 32.2. The summed E-state index contributed by atoms with van der Waals surface area (Å²) in [5.41, 5.74) is 1.24. The van der Waals surface area contributed by atoms with Crippen molar-refractivity contribution < 1.29 is 25.2 Å². The Hall–Kier alpha value is -2.86. The van der Waals surface area contributed by atoms with Crippen molar-refractivity contribution in [1.29, 1.82) is 0 Å². The summed E-state index contributed by atoms with van der Waals surface area (Å²) in [5, 5.41) is 41.2. The molecule has 9 nitrogen and oxygen atoms in total. The van der Waals surface area contributed by atoms with E-state index in [9.17, 15) is 25.2 Å². The number of aliphatic imine (C=N–C) groups is 1. The van der Waals surface area contributed by atoms with Gasteiger partial charge in [0.05, 0.1) is 6.61 Å². The molecule has 0 amide bonds. The van der Waals surface area contributed by atoms with Gasteiger partial charge < -0.3 is 25.2 Å². The van der Waals surface area contributed by atoms with Gasteiger partial charge in [0.15, 0.2) is 11.4 Å². The molecule has 0 radical (unpaired) electrons. The lowest BCUT2D eigenvalue weighted by Gasteiger charge is -2.41. The number of nitrogens with zero attached hydrogens (tertiary/aromatic N) is 3. The maximum absolute atomic E-state index is 12.4. The van der Waals surface area contributed by atoms with Crippen molar-refractivity contribution in [2.75, 3.05) is 6.61 Å². The average Bonchev–Trinajstić information content (AvgIpc) is 2.86. The Labute approximate surface area is 200 Å². The first kappa shape index (κ1) is 24.3. The van der Waals surface area contributed by atoms with Crippen molar-refractivity contribution in [1.82, 2.24) is 9.55 Å². The number of thioether (sulfide) groups is 1. The van der Waals surface area contributed by atoms with E-state index in [0.717, 1.165) is 11.1 Å². The van der Waals surface area contributed by atoms with Crippen LogP contribution in [0.25, 0.3) is 0 Å². The maximum atomic E-state index is 12.4. The van der Waals surface area contributed by atoms with Gasteiger partial charge in [-0.1, -0.05) is 72.4 Å². The van der Waals surface area contributed by atoms with E-state index in [1.807, 2.05) is 60.7 Å². The van der Waals surface area contributed by atoms with E-state index in [1.54, 1.807) is 6.21 Å². The molecule has 34 heavy (non-hydrogen) atoms. The number of ether oxygens (including phenoxy) is 1. The number of aliphatic hydroxyl groups excluding tert-OH is 4. The van der Waals surface area contributed by atoms with Crippen LogP contribution in [0.2, 0.25) is 0 Å². The Morgan fingerprint density at radius 2 is 1.68 bits per heavy atom. The summed E-state index contributed by atoms with van der Waals surface area (Å²) in [7, 11) is 0. The van der Waals surface area contributed by atoms with Gasteiger partial charge in [0.2, 0.25) is 0 Å². The molecule has 178 valence electrons. The lowest BCUT2D eigenvalue weighted by Crippen LogP contribution is -2.56. The molecule has 1 fully saturated rings. The summed E-state index contributed by atoms with van der Waals surface area (Å²) in [6.45, 7) is -0.579. The van der Waals surface area contributed by atoms with E-state index in [0.29, 0.717) is 5.75 Å². The van der Waals surface area contributed by atoms with Crippen molar-refractivity contribution in [2.24, 2.45) is 4.99 Å². The summed E-state index contributed by atoms with van der Waals surface area (Å²) in [4.78, 5) is 21.0. The van der Waals surface area contributed by atoms with E-state index in [1.165, 1.54) is 22.4 Å². The maximum Gasteiger partial charge on any atom is 0.275 e. The Kier molecular flexibility index (Phi) is 7.88. The van der Waals surface area contributed by atoms with Crippen molar-refractivity contribution >= 4 is 23.8 Å². The summed E-state index contributed by atoms with van der Waals surface area (Å²) >= 11 is 1.24. The number of benzene rings is 2. The molecule has 4 N–H and O–H groups in total. The van der Waals surface area contributed by atoms with Crippen LogP contribution < -0.4 is 5.56 Å². The first-order valence-electron chi connectivity index (χ1n) is 10.7. The highest BCUT2D eigenvalue weighted by Gasteiger charge is 2.45. The molecule has 1 aliphatic rings.